The van der Waals surface area contributed by atoms with Gasteiger partial charge in [0, 0.05) is 5.39 Å². The van der Waals surface area contributed by atoms with Crippen LogP contribution in [0.5, 0.6) is 5.75 Å². The Labute approximate surface area is 149 Å². The van der Waals surface area contributed by atoms with Crippen LogP contribution in [-0.2, 0) is 4.79 Å². The minimum Gasteiger partial charge on any atom is -0.490 e. The van der Waals surface area contributed by atoms with Gasteiger partial charge >= 0.3 is 6.18 Å². The van der Waals surface area contributed by atoms with Gasteiger partial charge in [0.25, 0.3) is 0 Å². The predicted molar refractivity (Wildman–Crippen MR) is 93.0 cm³/mol. The van der Waals surface area contributed by atoms with Crippen LogP contribution in [0.3, 0.4) is 0 Å². The van der Waals surface area contributed by atoms with Gasteiger partial charge in [-0.1, -0.05) is 12.6 Å². The summed E-state index contributed by atoms with van der Waals surface area (Å²) in [5, 5.41) is 3.34. The van der Waals surface area contributed by atoms with Crippen molar-refractivity contribution in [3.63, 3.8) is 0 Å². The highest BCUT2D eigenvalue weighted by Gasteiger charge is 2.41. The molecule has 1 N–H and O–H groups in total. The molecule has 0 spiro atoms. The molecule has 0 atom stereocenters. The monoisotopic (exact) mass is 364 g/mol. The number of nitrogens with one attached hydrogen (secondary N) is 1. The van der Waals surface area contributed by atoms with E-state index in [9.17, 15) is 18.0 Å². The number of nitrogens with zero attached hydrogens (tertiary/aromatic N) is 1. The van der Waals surface area contributed by atoms with Crippen LogP contribution in [0.2, 0.25) is 0 Å². The highest BCUT2D eigenvalue weighted by atomic mass is 19.4. The van der Waals surface area contributed by atoms with Crippen LogP contribution < -0.4 is 10.1 Å². The number of ether oxygens (including phenoxy) is 1. The van der Waals surface area contributed by atoms with Gasteiger partial charge in [0.1, 0.15) is 5.75 Å². The Morgan fingerprint density at radius 1 is 1.27 bits per heavy atom. The summed E-state index contributed by atoms with van der Waals surface area (Å²) >= 11 is 0. The summed E-state index contributed by atoms with van der Waals surface area (Å²) in [7, 11) is 0. The Bertz CT molecular complexity index is 812. The normalized spacial score (nSPS) is 20.6. The first-order chi connectivity index (χ1) is 12.4. The average molecular weight is 364 g/mol. The second-order valence-corrected chi connectivity index (χ2v) is 6.37. The molecule has 0 bridgehead atoms. The number of benzene rings is 1. The first-order valence-electron chi connectivity index (χ1n) is 8.42. The molecule has 138 valence electrons. The first kappa shape index (κ1) is 18.2. The summed E-state index contributed by atoms with van der Waals surface area (Å²) in [5.41, 5.74) is 1.18. The second-order valence-electron chi connectivity index (χ2n) is 6.37. The molecule has 26 heavy (non-hydrogen) atoms. The van der Waals surface area contributed by atoms with Gasteiger partial charge in [0.15, 0.2) is 0 Å². The van der Waals surface area contributed by atoms with Crippen molar-refractivity contribution in [3.05, 3.63) is 43.1 Å². The van der Waals surface area contributed by atoms with Crippen LogP contribution in [-0.4, -0.2) is 23.2 Å². The van der Waals surface area contributed by atoms with Crippen molar-refractivity contribution in [1.82, 2.24) is 4.98 Å². The van der Waals surface area contributed by atoms with E-state index < -0.39 is 12.1 Å². The molecule has 1 aromatic carbocycles. The molecule has 0 aliphatic heterocycles. The largest absolute Gasteiger partial charge is 0.490 e. The van der Waals surface area contributed by atoms with Crippen molar-refractivity contribution >= 4 is 22.5 Å². The molecule has 1 fully saturated rings. The van der Waals surface area contributed by atoms with E-state index in [4.69, 9.17) is 4.74 Å². The zero-order valence-electron chi connectivity index (χ0n) is 14.1. The van der Waals surface area contributed by atoms with Crippen molar-refractivity contribution < 1.29 is 22.7 Å². The number of aromatic nitrogens is 1. The molecule has 1 aliphatic carbocycles. The SMILES string of the molecule is C=CC(=O)Nc1cnc2cccc(OC3CCC(C(F)(F)F)CC3)c2c1. The molecule has 1 aromatic heterocycles. The molecule has 4 nitrogen and oxygen atoms in total. The maximum atomic E-state index is 12.8. The number of fused-ring (bicyclic) bond motifs is 1. The van der Waals surface area contributed by atoms with Crippen molar-refractivity contribution in [1.29, 1.82) is 0 Å². The van der Waals surface area contributed by atoms with Gasteiger partial charge < -0.3 is 10.1 Å². The van der Waals surface area contributed by atoms with E-state index in [1.165, 1.54) is 6.20 Å². The van der Waals surface area contributed by atoms with Gasteiger partial charge in [-0.3, -0.25) is 9.78 Å². The van der Waals surface area contributed by atoms with Crippen molar-refractivity contribution in [2.75, 3.05) is 5.32 Å². The number of hydrogen-bond acceptors (Lipinski definition) is 3. The first-order valence-corrected chi connectivity index (χ1v) is 8.42. The number of alkyl halides is 3. The van der Waals surface area contributed by atoms with Crippen molar-refractivity contribution in [3.8, 4) is 5.75 Å². The quantitative estimate of drug-likeness (QED) is 0.789. The van der Waals surface area contributed by atoms with E-state index in [0.717, 1.165) is 6.08 Å². The maximum absolute atomic E-state index is 12.8. The Balaban J connectivity index is 1.76. The minimum atomic E-state index is -4.13. The molecule has 1 heterocycles. The number of amides is 1. The zero-order valence-corrected chi connectivity index (χ0v) is 14.1. The number of rotatable bonds is 4. The highest BCUT2D eigenvalue weighted by molar-refractivity contribution is 6.00. The fourth-order valence-electron chi connectivity index (χ4n) is 3.17. The van der Waals surface area contributed by atoms with Gasteiger partial charge in [-0.2, -0.15) is 13.2 Å². The molecule has 1 saturated carbocycles. The Hall–Kier alpha value is -2.57. The predicted octanol–water partition coefficient (Wildman–Crippen LogP) is 4.86. The van der Waals surface area contributed by atoms with Crippen LogP contribution in [0.4, 0.5) is 18.9 Å². The number of carbonyl (C=O) groups excluding carboxylic acids is 1. The lowest BCUT2D eigenvalue weighted by atomic mass is 9.87. The third-order valence-electron chi connectivity index (χ3n) is 4.57. The molecule has 0 unspecified atom stereocenters. The smallest absolute Gasteiger partial charge is 0.391 e. The Kier molecular flexibility index (Phi) is 5.15. The summed E-state index contributed by atoms with van der Waals surface area (Å²) in [6.45, 7) is 3.40. The summed E-state index contributed by atoms with van der Waals surface area (Å²) in [5.74, 6) is -1.03. The van der Waals surface area contributed by atoms with Crippen molar-refractivity contribution in [2.24, 2.45) is 5.92 Å². The lowest BCUT2D eigenvalue weighted by Crippen LogP contribution is -2.31. The summed E-state index contributed by atoms with van der Waals surface area (Å²) in [6.07, 6.45) is -0.816. The lowest BCUT2D eigenvalue weighted by Gasteiger charge is -2.30. The van der Waals surface area contributed by atoms with Crippen LogP contribution in [0.25, 0.3) is 10.9 Å². The molecule has 3 rings (SSSR count). The summed E-state index contributed by atoms with van der Waals surface area (Å²) in [6, 6.07) is 7.09. The number of hydrogen-bond donors (Lipinski definition) is 1. The molecule has 2 aromatic rings. The number of anilines is 1. The van der Waals surface area contributed by atoms with E-state index in [1.54, 1.807) is 18.2 Å². The second kappa shape index (κ2) is 7.35. The third-order valence-corrected chi connectivity index (χ3v) is 4.57. The molecule has 0 radical (unpaired) electrons. The van der Waals surface area contributed by atoms with Gasteiger partial charge in [-0.25, -0.2) is 0 Å². The number of carbonyl (C=O) groups is 1. The van der Waals surface area contributed by atoms with Gasteiger partial charge in [0.2, 0.25) is 5.91 Å². The standard InChI is InChI=1S/C19H19F3N2O2/c1-2-18(25)24-13-10-15-16(23-11-13)4-3-5-17(15)26-14-8-6-12(7-9-14)19(20,21)22/h2-5,10-12,14H,1,6-9H2,(H,24,25). The number of pyridine rings is 1. The lowest BCUT2D eigenvalue weighted by molar-refractivity contribution is -0.185. The average Bonchev–Trinajstić information content (AvgIpc) is 2.62. The Morgan fingerprint density at radius 3 is 2.65 bits per heavy atom. The van der Waals surface area contributed by atoms with Crippen LogP contribution >= 0.6 is 0 Å². The molecular formula is C19H19F3N2O2. The highest BCUT2D eigenvalue weighted by Crippen LogP contribution is 2.39. The maximum Gasteiger partial charge on any atom is 0.391 e. The number of halogens is 3. The van der Waals surface area contributed by atoms with E-state index in [0.29, 0.717) is 35.2 Å². The van der Waals surface area contributed by atoms with E-state index in [1.807, 2.05) is 6.07 Å². The fourth-order valence-corrected chi connectivity index (χ4v) is 3.17. The van der Waals surface area contributed by atoms with E-state index >= 15 is 0 Å². The topological polar surface area (TPSA) is 51.2 Å². The molecule has 1 amide bonds. The van der Waals surface area contributed by atoms with Crippen LogP contribution in [0.1, 0.15) is 25.7 Å². The molecular weight excluding hydrogens is 345 g/mol. The minimum absolute atomic E-state index is 0.0812. The summed E-state index contributed by atoms with van der Waals surface area (Å²) < 4.78 is 44.3. The van der Waals surface area contributed by atoms with Gasteiger partial charge in [0.05, 0.1) is 29.4 Å². The van der Waals surface area contributed by atoms with Crippen molar-refractivity contribution in [2.45, 2.75) is 38.0 Å². The van der Waals surface area contributed by atoms with E-state index in [2.05, 4.69) is 16.9 Å². The van der Waals surface area contributed by atoms with Crippen LogP contribution in [0.15, 0.2) is 43.1 Å². The van der Waals surface area contributed by atoms with Crippen LogP contribution in [0, 0.1) is 5.92 Å². The molecule has 7 heteroatoms. The molecule has 0 saturated heterocycles. The van der Waals surface area contributed by atoms with E-state index in [-0.39, 0.29) is 24.9 Å². The third kappa shape index (κ3) is 4.15. The summed E-state index contributed by atoms with van der Waals surface area (Å²) in [4.78, 5) is 15.7. The fraction of sp³-hybridized carbons (Fsp3) is 0.368. The Morgan fingerprint density at radius 2 is 2.00 bits per heavy atom. The zero-order chi connectivity index (χ0) is 18.7. The van der Waals surface area contributed by atoms with Gasteiger partial charge in [-0.05, 0) is 50.0 Å². The molecule has 1 aliphatic rings. The van der Waals surface area contributed by atoms with Gasteiger partial charge in [-0.15, -0.1) is 0 Å².